The zero-order chi connectivity index (χ0) is 19.4. The fraction of sp³-hybridized carbons (Fsp3) is 0.200. The SMILES string of the molecule is COc1cc(C(=O)c2csc(-c3ccc(CN)cc3)n2)cc(OC)c1OC.Cl. The van der Waals surface area contributed by atoms with Crippen LogP contribution < -0.4 is 19.9 Å². The normalized spacial score (nSPS) is 10.1. The lowest BCUT2D eigenvalue weighted by Crippen LogP contribution is -2.04. The summed E-state index contributed by atoms with van der Waals surface area (Å²) < 4.78 is 15.9. The average molecular weight is 421 g/mol. The summed E-state index contributed by atoms with van der Waals surface area (Å²) in [5, 5.41) is 2.52. The molecule has 0 aliphatic carbocycles. The molecule has 1 aromatic heterocycles. The molecule has 1 heterocycles. The minimum atomic E-state index is -0.213. The van der Waals surface area contributed by atoms with E-state index in [-0.39, 0.29) is 18.2 Å². The maximum atomic E-state index is 12.9. The third-order valence-electron chi connectivity index (χ3n) is 4.10. The number of halogens is 1. The third kappa shape index (κ3) is 4.27. The highest BCUT2D eigenvalue weighted by Crippen LogP contribution is 2.39. The minimum Gasteiger partial charge on any atom is -0.493 e. The van der Waals surface area contributed by atoms with Gasteiger partial charge in [-0.1, -0.05) is 24.3 Å². The van der Waals surface area contributed by atoms with Crippen molar-refractivity contribution < 1.29 is 19.0 Å². The fourth-order valence-electron chi connectivity index (χ4n) is 2.65. The van der Waals surface area contributed by atoms with Gasteiger partial charge in [-0.15, -0.1) is 23.7 Å². The van der Waals surface area contributed by atoms with Crippen LogP contribution >= 0.6 is 23.7 Å². The summed E-state index contributed by atoms with van der Waals surface area (Å²) in [5.74, 6) is 1.08. The molecule has 2 aromatic carbocycles. The second-order valence-corrected chi connectivity index (χ2v) is 6.54. The lowest BCUT2D eigenvalue weighted by molar-refractivity contribution is 0.103. The summed E-state index contributed by atoms with van der Waals surface area (Å²) in [6.07, 6.45) is 0. The first kappa shape index (κ1) is 21.7. The molecule has 8 heteroatoms. The number of ketones is 1. The number of hydrogen-bond acceptors (Lipinski definition) is 7. The molecule has 0 unspecified atom stereocenters. The molecule has 0 bridgehead atoms. The Bertz CT molecular complexity index is 932. The number of aromatic nitrogens is 1. The van der Waals surface area contributed by atoms with Crippen LogP contribution in [0.4, 0.5) is 0 Å². The van der Waals surface area contributed by atoms with Gasteiger partial charge in [0.25, 0.3) is 0 Å². The van der Waals surface area contributed by atoms with Crippen molar-refractivity contribution in [2.45, 2.75) is 6.54 Å². The van der Waals surface area contributed by atoms with Gasteiger partial charge >= 0.3 is 0 Å². The van der Waals surface area contributed by atoms with Crippen LogP contribution in [-0.4, -0.2) is 32.1 Å². The topological polar surface area (TPSA) is 83.7 Å². The highest BCUT2D eigenvalue weighted by Gasteiger charge is 2.20. The zero-order valence-electron chi connectivity index (χ0n) is 15.7. The van der Waals surface area contributed by atoms with Crippen LogP contribution in [0.5, 0.6) is 17.2 Å². The molecule has 28 heavy (non-hydrogen) atoms. The highest BCUT2D eigenvalue weighted by molar-refractivity contribution is 7.13. The Kier molecular flexibility index (Phi) is 7.39. The van der Waals surface area contributed by atoms with E-state index >= 15 is 0 Å². The van der Waals surface area contributed by atoms with E-state index in [1.54, 1.807) is 17.5 Å². The van der Waals surface area contributed by atoms with E-state index in [0.29, 0.717) is 35.1 Å². The molecule has 6 nitrogen and oxygen atoms in total. The van der Waals surface area contributed by atoms with E-state index in [2.05, 4.69) is 4.98 Å². The molecular weight excluding hydrogens is 400 g/mol. The Labute approximate surface area is 173 Å². The van der Waals surface area contributed by atoms with Crippen molar-refractivity contribution in [1.82, 2.24) is 4.98 Å². The van der Waals surface area contributed by atoms with Crippen LogP contribution in [-0.2, 0) is 6.54 Å². The molecule has 3 aromatic rings. The van der Waals surface area contributed by atoms with Gasteiger partial charge in [-0.3, -0.25) is 4.79 Å². The number of thiazole rings is 1. The fourth-order valence-corrected chi connectivity index (χ4v) is 3.46. The Morgan fingerprint density at radius 1 is 1.04 bits per heavy atom. The molecule has 0 amide bonds. The standard InChI is InChI=1S/C20H20N2O4S.ClH/c1-24-16-8-14(9-17(25-2)19(16)26-3)18(23)15-11-27-20(22-15)13-6-4-12(10-21)5-7-13;/h4-9,11H,10,21H2,1-3H3;1H. The Balaban J connectivity index is 0.00000280. The van der Waals surface area contributed by atoms with Gasteiger partial charge in [-0.05, 0) is 17.7 Å². The lowest BCUT2D eigenvalue weighted by Gasteiger charge is -2.13. The van der Waals surface area contributed by atoms with Crippen LogP contribution in [0.15, 0.2) is 41.8 Å². The Hall–Kier alpha value is -2.61. The van der Waals surface area contributed by atoms with Crippen LogP contribution in [0.1, 0.15) is 21.6 Å². The molecule has 0 aliphatic heterocycles. The van der Waals surface area contributed by atoms with E-state index < -0.39 is 0 Å². The number of nitrogens with zero attached hydrogens (tertiary/aromatic N) is 1. The molecular formula is C20H21ClN2O4S. The quantitative estimate of drug-likeness (QED) is 0.582. The number of ether oxygens (including phenoxy) is 3. The predicted octanol–water partition coefficient (Wildman–Crippen LogP) is 3.95. The predicted molar refractivity (Wildman–Crippen MR) is 112 cm³/mol. The summed E-state index contributed by atoms with van der Waals surface area (Å²) >= 11 is 1.42. The summed E-state index contributed by atoms with van der Waals surface area (Å²) in [5.41, 5.74) is 8.40. The number of benzene rings is 2. The maximum Gasteiger partial charge on any atom is 0.212 e. The smallest absolute Gasteiger partial charge is 0.212 e. The van der Waals surface area contributed by atoms with Gasteiger partial charge in [0.1, 0.15) is 10.7 Å². The number of carbonyl (C=O) groups is 1. The van der Waals surface area contributed by atoms with Crippen molar-refractivity contribution in [2.75, 3.05) is 21.3 Å². The maximum absolute atomic E-state index is 12.9. The molecule has 148 valence electrons. The monoisotopic (exact) mass is 420 g/mol. The van der Waals surface area contributed by atoms with Crippen molar-refractivity contribution >= 4 is 29.5 Å². The van der Waals surface area contributed by atoms with Crippen LogP contribution in [0.2, 0.25) is 0 Å². The van der Waals surface area contributed by atoms with Gasteiger partial charge in [0, 0.05) is 23.1 Å². The summed E-state index contributed by atoms with van der Waals surface area (Å²) in [4.78, 5) is 17.4. The number of nitrogens with two attached hydrogens (primary N) is 1. The molecule has 2 N–H and O–H groups in total. The first-order valence-electron chi connectivity index (χ1n) is 8.20. The van der Waals surface area contributed by atoms with Crippen LogP contribution in [0.3, 0.4) is 0 Å². The minimum absolute atomic E-state index is 0. The molecule has 3 rings (SSSR count). The summed E-state index contributed by atoms with van der Waals surface area (Å²) in [7, 11) is 4.54. The molecule has 0 aliphatic rings. The second kappa shape index (κ2) is 9.54. The molecule has 0 radical (unpaired) electrons. The van der Waals surface area contributed by atoms with E-state index in [9.17, 15) is 4.79 Å². The first-order valence-corrected chi connectivity index (χ1v) is 9.08. The molecule has 0 spiro atoms. The van der Waals surface area contributed by atoms with E-state index in [4.69, 9.17) is 19.9 Å². The van der Waals surface area contributed by atoms with Crippen molar-refractivity contribution in [3.05, 3.63) is 58.6 Å². The molecule has 0 fully saturated rings. The molecule has 0 atom stereocenters. The first-order chi connectivity index (χ1) is 13.1. The highest BCUT2D eigenvalue weighted by atomic mass is 35.5. The second-order valence-electron chi connectivity index (χ2n) is 5.68. The van der Waals surface area contributed by atoms with Gasteiger partial charge < -0.3 is 19.9 Å². The van der Waals surface area contributed by atoms with Crippen molar-refractivity contribution in [1.29, 1.82) is 0 Å². The van der Waals surface area contributed by atoms with Gasteiger partial charge in [0.15, 0.2) is 11.5 Å². The van der Waals surface area contributed by atoms with E-state index in [1.165, 1.54) is 32.7 Å². The van der Waals surface area contributed by atoms with E-state index in [1.807, 2.05) is 24.3 Å². The van der Waals surface area contributed by atoms with Gasteiger partial charge in [0.05, 0.1) is 21.3 Å². The van der Waals surface area contributed by atoms with Crippen molar-refractivity contribution in [3.8, 4) is 27.8 Å². The number of rotatable bonds is 7. The third-order valence-corrected chi connectivity index (χ3v) is 4.99. The lowest BCUT2D eigenvalue weighted by atomic mass is 10.1. The molecule has 0 saturated carbocycles. The van der Waals surface area contributed by atoms with Crippen LogP contribution in [0.25, 0.3) is 10.6 Å². The number of hydrogen-bond donors (Lipinski definition) is 1. The van der Waals surface area contributed by atoms with Gasteiger partial charge in [-0.25, -0.2) is 4.98 Å². The van der Waals surface area contributed by atoms with Gasteiger partial charge in [-0.2, -0.15) is 0 Å². The van der Waals surface area contributed by atoms with Crippen molar-refractivity contribution in [2.24, 2.45) is 5.73 Å². The summed E-state index contributed by atoms with van der Waals surface area (Å²) in [6.45, 7) is 0.489. The Morgan fingerprint density at radius 2 is 1.64 bits per heavy atom. The van der Waals surface area contributed by atoms with Gasteiger partial charge in [0.2, 0.25) is 11.5 Å². The molecule has 0 saturated heterocycles. The van der Waals surface area contributed by atoms with Crippen molar-refractivity contribution in [3.63, 3.8) is 0 Å². The largest absolute Gasteiger partial charge is 0.493 e. The summed E-state index contributed by atoms with van der Waals surface area (Å²) in [6, 6.07) is 11.1. The number of methoxy groups -OCH3 is 3. The van der Waals surface area contributed by atoms with E-state index in [0.717, 1.165) is 16.1 Å². The Morgan fingerprint density at radius 3 is 2.14 bits per heavy atom. The zero-order valence-corrected chi connectivity index (χ0v) is 17.4. The number of carbonyl (C=O) groups excluding carboxylic acids is 1. The average Bonchev–Trinajstić information content (AvgIpc) is 3.22. The van der Waals surface area contributed by atoms with Crippen LogP contribution in [0, 0.1) is 0 Å².